The fourth-order valence-electron chi connectivity index (χ4n) is 5.58. The summed E-state index contributed by atoms with van der Waals surface area (Å²) in [4.78, 5) is 18.0. The Kier molecular flexibility index (Phi) is 7.33. The molecule has 38 heavy (non-hydrogen) atoms. The van der Waals surface area contributed by atoms with Crippen LogP contribution in [0.2, 0.25) is 10.0 Å². The minimum Gasteiger partial charge on any atom is -0.481 e. The maximum atomic E-state index is 11.2. The van der Waals surface area contributed by atoms with Crippen LogP contribution in [0.25, 0.3) is 11.3 Å². The van der Waals surface area contributed by atoms with Crippen LogP contribution in [0.1, 0.15) is 80.4 Å². The smallest absolute Gasteiger partial charge is 0.306 e. The van der Waals surface area contributed by atoms with Gasteiger partial charge in [-0.2, -0.15) is 4.98 Å². The van der Waals surface area contributed by atoms with Gasteiger partial charge in [0.25, 0.3) is 5.95 Å². The highest BCUT2D eigenvalue weighted by atomic mass is 35.5. The van der Waals surface area contributed by atoms with Gasteiger partial charge < -0.3 is 23.8 Å². The van der Waals surface area contributed by atoms with Crippen molar-refractivity contribution in [3.05, 3.63) is 45.5 Å². The van der Waals surface area contributed by atoms with Gasteiger partial charge in [0.2, 0.25) is 5.89 Å². The number of rotatable bonds is 8. The molecule has 3 fully saturated rings. The predicted octanol–water partition coefficient (Wildman–Crippen LogP) is 6.45. The molecule has 2 aromatic heterocycles. The summed E-state index contributed by atoms with van der Waals surface area (Å²) in [6, 6.07) is 5.43. The predicted molar refractivity (Wildman–Crippen MR) is 141 cm³/mol. The van der Waals surface area contributed by atoms with Crippen LogP contribution in [-0.4, -0.2) is 45.6 Å². The van der Waals surface area contributed by atoms with Crippen LogP contribution in [0.4, 0.5) is 5.95 Å². The van der Waals surface area contributed by atoms with Crippen molar-refractivity contribution in [1.82, 2.24) is 15.3 Å². The summed E-state index contributed by atoms with van der Waals surface area (Å²) in [7, 11) is 0. The molecule has 0 bridgehead atoms. The molecule has 0 unspecified atom stereocenters. The van der Waals surface area contributed by atoms with E-state index in [0.717, 1.165) is 62.9 Å². The van der Waals surface area contributed by atoms with Gasteiger partial charge >= 0.3 is 5.97 Å². The number of piperidine rings is 1. The zero-order chi connectivity index (χ0) is 26.2. The molecule has 3 aromatic rings. The van der Waals surface area contributed by atoms with Crippen molar-refractivity contribution >= 4 is 35.1 Å². The summed E-state index contributed by atoms with van der Waals surface area (Å²) < 4.78 is 17.7. The van der Waals surface area contributed by atoms with Crippen molar-refractivity contribution in [3.8, 4) is 11.3 Å². The van der Waals surface area contributed by atoms with Gasteiger partial charge in [-0.3, -0.25) is 4.79 Å². The fourth-order valence-corrected chi connectivity index (χ4v) is 6.16. The molecule has 9 nitrogen and oxygen atoms in total. The molecule has 0 atom stereocenters. The van der Waals surface area contributed by atoms with Crippen molar-refractivity contribution in [2.24, 2.45) is 5.92 Å². The maximum absolute atomic E-state index is 11.2. The number of hydrogen-bond acceptors (Lipinski definition) is 8. The van der Waals surface area contributed by atoms with Crippen LogP contribution in [0.15, 0.2) is 27.2 Å². The Hall–Kier alpha value is -2.62. The van der Waals surface area contributed by atoms with E-state index in [4.69, 9.17) is 37.0 Å². The number of halogens is 2. The van der Waals surface area contributed by atoms with Crippen molar-refractivity contribution < 1.29 is 23.7 Å². The average Bonchev–Trinajstić information content (AvgIpc) is 3.49. The van der Waals surface area contributed by atoms with Gasteiger partial charge in [-0.15, -0.1) is 0 Å². The zero-order valence-corrected chi connectivity index (χ0v) is 22.5. The lowest BCUT2D eigenvalue weighted by Gasteiger charge is -2.30. The van der Waals surface area contributed by atoms with E-state index in [9.17, 15) is 9.90 Å². The Bertz CT molecular complexity index is 1270. The molecule has 0 amide bonds. The second-order valence-corrected chi connectivity index (χ2v) is 11.4. The summed E-state index contributed by atoms with van der Waals surface area (Å²) in [5, 5.41) is 18.9. The van der Waals surface area contributed by atoms with Crippen LogP contribution < -0.4 is 4.90 Å². The minimum atomic E-state index is -0.712. The largest absolute Gasteiger partial charge is 0.481 e. The molecule has 1 aliphatic heterocycles. The van der Waals surface area contributed by atoms with Gasteiger partial charge in [-0.05, 0) is 68.7 Å². The third-order valence-electron chi connectivity index (χ3n) is 8.01. The molecule has 0 spiro atoms. The van der Waals surface area contributed by atoms with Gasteiger partial charge in [0, 0.05) is 36.1 Å². The Balaban J connectivity index is 1.06. The maximum Gasteiger partial charge on any atom is 0.306 e. The fraction of sp³-hybridized carbons (Fsp3) is 0.556. The van der Waals surface area contributed by atoms with E-state index in [1.807, 2.05) is 6.07 Å². The number of hydrogen-bond donors (Lipinski definition) is 1. The first-order valence-corrected chi connectivity index (χ1v) is 14.1. The molecule has 1 saturated heterocycles. The molecule has 6 rings (SSSR count). The highest BCUT2D eigenvalue weighted by Gasteiger charge is 2.35. The Morgan fingerprint density at radius 1 is 0.974 bits per heavy atom. The average molecular weight is 561 g/mol. The third-order valence-corrected chi connectivity index (χ3v) is 8.64. The normalized spacial score (nSPS) is 22.6. The Morgan fingerprint density at radius 2 is 1.66 bits per heavy atom. The van der Waals surface area contributed by atoms with Crippen molar-refractivity contribution in [2.45, 2.75) is 75.9 Å². The highest BCUT2D eigenvalue weighted by molar-refractivity contribution is 6.39. The summed E-state index contributed by atoms with van der Waals surface area (Å²) >= 11 is 13.0. The van der Waals surface area contributed by atoms with E-state index in [1.165, 1.54) is 0 Å². The molecule has 0 radical (unpaired) electrons. The minimum absolute atomic E-state index is 0.0837. The van der Waals surface area contributed by atoms with E-state index >= 15 is 0 Å². The van der Waals surface area contributed by atoms with Crippen LogP contribution in [-0.2, 0) is 16.1 Å². The number of anilines is 1. The van der Waals surface area contributed by atoms with Crippen molar-refractivity contribution in [3.63, 3.8) is 0 Å². The SMILES string of the molecule is O=C(O)C1CCC(c2nc(N3CCC(OCc4c(-c5c(Cl)cccc5Cl)noc4C4CC4)CC3)no2)CC1. The lowest BCUT2D eigenvalue weighted by Crippen LogP contribution is -2.37. The first-order valence-electron chi connectivity index (χ1n) is 13.3. The molecular weight excluding hydrogens is 531 g/mol. The molecule has 11 heteroatoms. The first-order chi connectivity index (χ1) is 18.5. The van der Waals surface area contributed by atoms with Gasteiger partial charge in [0.1, 0.15) is 11.5 Å². The topological polar surface area (TPSA) is 115 Å². The van der Waals surface area contributed by atoms with E-state index in [2.05, 4.69) is 20.2 Å². The monoisotopic (exact) mass is 560 g/mol. The van der Waals surface area contributed by atoms with Gasteiger partial charge in [-0.25, -0.2) is 0 Å². The molecular formula is C27H30Cl2N4O5. The molecule has 1 N–H and O–H groups in total. The number of carboxylic acids is 1. The van der Waals surface area contributed by atoms with Gasteiger partial charge in [0.05, 0.1) is 28.7 Å². The second kappa shape index (κ2) is 10.9. The zero-order valence-electron chi connectivity index (χ0n) is 20.9. The van der Waals surface area contributed by atoms with Crippen LogP contribution in [0.3, 0.4) is 0 Å². The van der Waals surface area contributed by atoms with Crippen LogP contribution >= 0.6 is 23.2 Å². The number of aromatic nitrogens is 3. The number of nitrogens with zero attached hydrogens (tertiary/aromatic N) is 4. The molecule has 2 saturated carbocycles. The molecule has 3 heterocycles. The molecule has 3 aliphatic rings. The van der Waals surface area contributed by atoms with E-state index < -0.39 is 5.97 Å². The lowest BCUT2D eigenvalue weighted by molar-refractivity contribution is -0.142. The van der Waals surface area contributed by atoms with Gasteiger partial charge in [0.15, 0.2) is 0 Å². The lowest BCUT2D eigenvalue weighted by atomic mass is 9.82. The van der Waals surface area contributed by atoms with Crippen molar-refractivity contribution in [1.29, 1.82) is 0 Å². The molecule has 2 aliphatic carbocycles. The second-order valence-electron chi connectivity index (χ2n) is 10.6. The summed E-state index contributed by atoms with van der Waals surface area (Å²) in [5.74, 6) is 1.64. The van der Waals surface area contributed by atoms with E-state index in [-0.39, 0.29) is 17.9 Å². The number of carbonyl (C=O) groups is 1. The van der Waals surface area contributed by atoms with Crippen LogP contribution in [0.5, 0.6) is 0 Å². The van der Waals surface area contributed by atoms with E-state index in [1.54, 1.807) is 12.1 Å². The summed E-state index contributed by atoms with van der Waals surface area (Å²) in [6.45, 7) is 1.91. The van der Waals surface area contributed by atoms with Crippen LogP contribution in [0, 0.1) is 5.92 Å². The van der Waals surface area contributed by atoms with Gasteiger partial charge in [-0.1, -0.05) is 34.4 Å². The molecule has 202 valence electrons. The number of carboxylic acid groups (broad SMARTS) is 1. The third kappa shape index (κ3) is 5.28. The Labute approximate surface area is 230 Å². The highest BCUT2D eigenvalue weighted by Crippen LogP contribution is 2.46. The van der Waals surface area contributed by atoms with E-state index in [0.29, 0.717) is 58.5 Å². The quantitative estimate of drug-likeness (QED) is 0.331. The Morgan fingerprint density at radius 3 is 2.32 bits per heavy atom. The first kappa shape index (κ1) is 25.6. The number of aliphatic carboxylic acids is 1. The molecule has 1 aromatic carbocycles. The summed E-state index contributed by atoms with van der Waals surface area (Å²) in [6.07, 6.45) is 6.76. The number of ether oxygens (including phenoxy) is 1. The summed E-state index contributed by atoms with van der Waals surface area (Å²) in [5.41, 5.74) is 2.28. The standard InChI is InChI=1S/C27H30Cl2N4O5/c28-20-2-1-3-21(29)22(20)23-19(24(37-31-23)15-4-5-15)14-36-18-10-12-33(13-11-18)27-30-25(38-32-27)16-6-8-17(9-7-16)26(34)35/h1-3,15-18H,4-14H2,(H,34,35). The number of benzene rings is 1. The van der Waals surface area contributed by atoms with Crippen molar-refractivity contribution in [2.75, 3.05) is 18.0 Å².